The Morgan fingerprint density at radius 2 is 2.00 bits per heavy atom. The molecule has 0 bridgehead atoms. The first-order chi connectivity index (χ1) is 13.5. The maximum atomic E-state index is 13.3. The molecule has 0 spiro atoms. The largest absolute Gasteiger partial charge is 0.337 e. The number of hydrogen-bond donors (Lipinski definition) is 2. The molecule has 1 saturated heterocycles. The van der Waals surface area contributed by atoms with E-state index in [1.165, 1.54) is 5.56 Å². The van der Waals surface area contributed by atoms with Crippen molar-refractivity contribution in [2.75, 3.05) is 7.05 Å². The summed E-state index contributed by atoms with van der Waals surface area (Å²) in [6, 6.07) is 12.5. The SMILES string of the molecule is Cc1cc(C(=O)N(C)C(C)C2CC(c3ccccc3)NN2)c2c(C)noc2n1. The van der Waals surface area contributed by atoms with Gasteiger partial charge in [-0.1, -0.05) is 35.5 Å². The fourth-order valence-electron chi connectivity index (χ4n) is 3.83. The third kappa shape index (κ3) is 3.27. The Bertz CT molecular complexity index is 1000. The van der Waals surface area contributed by atoms with Crippen molar-refractivity contribution in [1.29, 1.82) is 0 Å². The van der Waals surface area contributed by atoms with Crippen LogP contribution in [0, 0.1) is 13.8 Å². The molecule has 2 N–H and O–H groups in total. The number of nitrogens with one attached hydrogen (secondary N) is 2. The Balaban J connectivity index is 1.54. The van der Waals surface area contributed by atoms with Crippen molar-refractivity contribution in [2.45, 2.75) is 45.3 Å². The van der Waals surface area contributed by atoms with E-state index in [0.717, 1.165) is 12.1 Å². The van der Waals surface area contributed by atoms with Crippen LogP contribution in [0.4, 0.5) is 0 Å². The van der Waals surface area contributed by atoms with Gasteiger partial charge in [0.15, 0.2) is 0 Å². The normalized spacial score (nSPS) is 20.4. The van der Waals surface area contributed by atoms with Crippen LogP contribution in [0.15, 0.2) is 40.9 Å². The molecule has 146 valence electrons. The molecule has 0 aliphatic carbocycles. The van der Waals surface area contributed by atoms with E-state index in [0.29, 0.717) is 22.4 Å². The van der Waals surface area contributed by atoms with Gasteiger partial charge in [0.2, 0.25) is 0 Å². The number of fused-ring (bicyclic) bond motifs is 1. The lowest BCUT2D eigenvalue weighted by molar-refractivity contribution is 0.0717. The lowest BCUT2D eigenvalue weighted by atomic mass is 9.97. The van der Waals surface area contributed by atoms with Crippen LogP contribution in [-0.4, -0.2) is 40.1 Å². The lowest BCUT2D eigenvalue weighted by Crippen LogP contribution is -2.48. The summed E-state index contributed by atoms with van der Waals surface area (Å²) >= 11 is 0. The second-order valence-electron chi connectivity index (χ2n) is 7.51. The van der Waals surface area contributed by atoms with Gasteiger partial charge in [0.05, 0.1) is 16.6 Å². The minimum atomic E-state index is -0.0562. The fraction of sp³-hybridized carbons (Fsp3) is 0.381. The van der Waals surface area contributed by atoms with E-state index in [-0.39, 0.29) is 24.0 Å². The summed E-state index contributed by atoms with van der Waals surface area (Å²) in [6.45, 7) is 5.75. The number of aryl methyl sites for hydroxylation is 2. The third-order valence-corrected chi connectivity index (χ3v) is 5.62. The topological polar surface area (TPSA) is 83.3 Å². The predicted octanol–water partition coefficient (Wildman–Crippen LogP) is 2.91. The molecule has 3 atom stereocenters. The molecule has 7 heteroatoms. The van der Waals surface area contributed by atoms with Crippen molar-refractivity contribution < 1.29 is 9.32 Å². The zero-order valence-corrected chi connectivity index (χ0v) is 16.6. The van der Waals surface area contributed by atoms with Crippen molar-refractivity contribution in [2.24, 2.45) is 0 Å². The molecule has 1 aromatic carbocycles. The molecule has 4 rings (SSSR count). The van der Waals surface area contributed by atoms with E-state index >= 15 is 0 Å². The highest BCUT2D eigenvalue weighted by Crippen LogP contribution is 2.27. The monoisotopic (exact) mass is 379 g/mol. The number of nitrogens with zero attached hydrogens (tertiary/aromatic N) is 3. The maximum Gasteiger partial charge on any atom is 0.258 e. The molecule has 1 amide bonds. The molecule has 1 fully saturated rings. The van der Waals surface area contributed by atoms with Gasteiger partial charge in [-0.25, -0.2) is 10.4 Å². The van der Waals surface area contributed by atoms with E-state index in [9.17, 15) is 4.79 Å². The summed E-state index contributed by atoms with van der Waals surface area (Å²) in [5, 5.41) is 4.66. The van der Waals surface area contributed by atoms with Crippen molar-refractivity contribution in [3.05, 3.63) is 58.9 Å². The van der Waals surface area contributed by atoms with E-state index in [4.69, 9.17) is 4.52 Å². The Labute approximate surface area is 164 Å². The maximum absolute atomic E-state index is 13.3. The van der Waals surface area contributed by atoms with Crippen molar-refractivity contribution >= 4 is 17.0 Å². The summed E-state index contributed by atoms with van der Waals surface area (Å²) in [4.78, 5) is 19.4. The molecule has 1 aliphatic heterocycles. The number of rotatable bonds is 4. The number of benzene rings is 1. The summed E-state index contributed by atoms with van der Waals surface area (Å²) in [5.41, 5.74) is 10.4. The van der Waals surface area contributed by atoms with Gasteiger partial charge in [-0.15, -0.1) is 0 Å². The molecule has 3 aromatic rings. The summed E-state index contributed by atoms with van der Waals surface area (Å²) in [7, 11) is 1.84. The smallest absolute Gasteiger partial charge is 0.258 e. The summed E-state index contributed by atoms with van der Waals surface area (Å²) in [6.07, 6.45) is 0.903. The number of amides is 1. The van der Waals surface area contributed by atoms with Gasteiger partial charge >= 0.3 is 0 Å². The highest BCUT2D eigenvalue weighted by molar-refractivity contribution is 6.06. The molecule has 2 aromatic heterocycles. The quantitative estimate of drug-likeness (QED) is 0.725. The Morgan fingerprint density at radius 1 is 1.25 bits per heavy atom. The van der Waals surface area contributed by atoms with Crippen LogP contribution < -0.4 is 10.9 Å². The minimum Gasteiger partial charge on any atom is -0.337 e. The van der Waals surface area contributed by atoms with Crippen LogP contribution in [0.25, 0.3) is 11.1 Å². The Hall–Kier alpha value is -2.77. The van der Waals surface area contributed by atoms with Gasteiger partial charge in [-0.2, -0.15) is 0 Å². The molecule has 1 aliphatic rings. The second-order valence-corrected chi connectivity index (χ2v) is 7.51. The van der Waals surface area contributed by atoms with Crippen LogP contribution in [0.2, 0.25) is 0 Å². The van der Waals surface area contributed by atoms with Gasteiger partial charge in [-0.05, 0) is 38.8 Å². The lowest BCUT2D eigenvalue weighted by Gasteiger charge is -2.29. The number of carbonyl (C=O) groups excluding carboxylic acids is 1. The van der Waals surface area contributed by atoms with Crippen molar-refractivity contribution in [3.63, 3.8) is 0 Å². The second kappa shape index (κ2) is 7.33. The van der Waals surface area contributed by atoms with Gasteiger partial charge < -0.3 is 9.42 Å². The molecule has 28 heavy (non-hydrogen) atoms. The number of aromatic nitrogens is 2. The first-order valence-corrected chi connectivity index (χ1v) is 9.52. The molecule has 0 radical (unpaired) electrons. The predicted molar refractivity (Wildman–Crippen MR) is 107 cm³/mol. The number of likely N-dealkylation sites (N-methyl/N-ethyl adjacent to an activating group) is 1. The summed E-state index contributed by atoms with van der Waals surface area (Å²) < 4.78 is 5.27. The van der Waals surface area contributed by atoms with E-state index in [2.05, 4.69) is 40.0 Å². The third-order valence-electron chi connectivity index (χ3n) is 5.62. The highest BCUT2D eigenvalue weighted by atomic mass is 16.5. The highest BCUT2D eigenvalue weighted by Gasteiger charge is 2.33. The van der Waals surface area contributed by atoms with Crippen molar-refractivity contribution in [3.8, 4) is 0 Å². The zero-order valence-electron chi connectivity index (χ0n) is 16.6. The standard InChI is InChI=1S/C21H25N5O2/c1-12-10-16(19-13(2)25-28-20(19)22-12)21(27)26(4)14(3)17-11-18(24-23-17)15-8-6-5-7-9-15/h5-10,14,17-18,23-24H,11H2,1-4H3. The molecule has 7 nitrogen and oxygen atoms in total. The van der Waals surface area contributed by atoms with Crippen molar-refractivity contribution in [1.82, 2.24) is 25.9 Å². The van der Waals surface area contributed by atoms with E-state index < -0.39 is 0 Å². The first-order valence-electron chi connectivity index (χ1n) is 9.52. The Morgan fingerprint density at radius 3 is 2.75 bits per heavy atom. The zero-order chi connectivity index (χ0) is 19.8. The van der Waals surface area contributed by atoms with Crippen LogP contribution in [0.5, 0.6) is 0 Å². The van der Waals surface area contributed by atoms with Gasteiger partial charge in [0, 0.05) is 30.9 Å². The van der Waals surface area contributed by atoms with Gasteiger partial charge in [-0.3, -0.25) is 10.2 Å². The number of hydrogen-bond acceptors (Lipinski definition) is 6. The van der Waals surface area contributed by atoms with Gasteiger partial charge in [0.25, 0.3) is 11.6 Å². The molecule has 3 heterocycles. The average Bonchev–Trinajstić information content (AvgIpc) is 3.34. The summed E-state index contributed by atoms with van der Waals surface area (Å²) in [5.74, 6) is -0.0562. The minimum absolute atomic E-state index is 0.00241. The number of pyridine rings is 1. The van der Waals surface area contributed by atoms with E-state index in [1.807, 2.05) is 45.2 Å². The molecular formula is C21H25N5O2. The Kier molecular flexibility index (Phi) is 4.87. The molecular weight excluding hydrogens is 354 g/mol. The molecule has 0 saturated carbocycles. The fourth-order valence-corrected chi connectivity index (χ4v) is 3.83. The van der Waals surface area contributed by atoms with E-state index in [1.54, 1.807) is 4.90 Å². The molecule has 3 unspecified atom stereocenters. The van der Waals surface area contributed by atoms with Crippen LogP contribution in [-0.2, 0) is 0 Å². The van der Waals surface area contributed by atoms with Crippen LogP contribution in [0.3, 0.4) is 0 Å². The van der Waals surface area contributed by atoms with Crippen LogP contribution in [0.1, 0.15) is 46.7 Å². The average molecular weight is 379 g/mol. The first kappa shape index (κ1) is 18.6. The number of carbonyl (C=O) groups is 1. The van der Waals surface area contributed by atoms with Gasteiger partial charge in [0.1, 0.15) is 0 Å². The van der Waals surface area contributed by atoms with Crippen LogP contribution >= 0.6 is 0 Å². The number of hydrazine groups is 1.